The lowest BCUT2D eigenvalue weighted by Gasteiger charge is -2.29. The fraction of sp³-hybridized carbons (Fsp3) is 0.579. The lowest BCUT2D eigenvalue weighted by atomic mass is 9.87. The van der Waals surface area contributed by atoms with E-state index in [0.29, 0.717) is 13.0 Å². The van der Waals surface area contributed by atoms with Gasteiger partial charge in [-0.1, -0.05) is 26.0 Å². The quantitative estimate of drug-likeness (QED) is 0.779. The number of urea groups is 1. The van der Waals surface area contributed by atoms with Gasteiger partial charge in [-0.25, -0.2) is 9.78 Å². The summed E-state index contributed by atoms with van der Waals surface area (Å²) in [5.74, 6) is 0.858. The molecule has 1 aromatic heterocycles. The highest BCUT2D eigenvalue weighted by molar-refractivity contribution is 5.77. The maximum Gasteiger partial charge on any atom is 0.318 e. The summed E-state index contributed by atoms with van der Waals surface area (Å²) in [6.45, 7) is 7.17. The molecule has 0 bridgehead atoms. The third-order valence-electron chi connectivity index (χ3n) is 4.80. The van der Waals surface area contributed by atoms with E-state index in [1.54, 1.807) is 6.92 Å². The molecular weight excluding hydrogens is 316 g/mol. The van der Waals surface area contributed by atoms with Crippen LogP contribution in [-0.2, 0) is 0 Å². The van der Waals surface area contributed by atoms with Crippen molar-refractivity contribution in [1.82, 2.24) is 20.2 Å². The van der Waals surface area contributed by atoms with Crippen LogP contribution in [0.15, 0.2) is 24.3 Å². The van der Waals surface area contributed by atoms with Crippen molar-refractivity contribution in [3.05, 3.63) is 30.1 Å². The third-order valence-corrected chi connectivity index (χ3v) is 4.80. The van der Waals surface area contributed by atoms with Gasteiger partial charge in [-0.2, -0.15) is 0 Å². The van der Waals surface area contributed by atoms with Crippen molar-refractivity contribution in [2.45, 2.75) is 52.2 Å². The minimum atomic E-state index is -0.373. The predicted octanol–water partition coefficient (Wildman–Crippen LogP) is 3.21. The minimum absolute atomic E-state index is 0.00715. The van der Waals surface area contributed by atoms with E-state index in [9.17, 15) is 9.90 Å². The Hall–Kier alpha value is -2.08. The van der Waals surface area contributed by atoms with Crippen LogP contribution in [0.25, 0.3) is 11.0 Å². The first-order chi connectivity index (χ1) is 11.9. The predicted molar refractivity (Wildman–Crippen MR) is 98.3 cm³/mol. The highest BCUT2D eigenvalue weighted by Crippen LogP contribution is 2.31. The second-order valence-corrected chi connectivity index (χ2v) is 7.87. The number of hydrogen-bond donors (Lipinski definition) is 3. The number of hydrogen-bond acceptors (Lipinski definition) is 3. The Balaban J connectivity index is 1.67. The smallest absolute Gasteiger partial charge is 0.318 e. The van der Waals surface area contributed by atoms with E-state index in [2.05, 4.69) is 29.1 Å². The van der Waals surface area contributed by atoms with Crippen LogP contribution >= 0.6 is 0 Å². The molecule has 25 heavy (non-hydrogen) atoms. The van der Waals surface area contributed by atoms with Crippen LogP contribution in [-0.4, -0.2) is 45.2 Å². The fourth-order valence-corrected chi connectivity index (χ4v) is 3.71. The molecular formula is C19H28N4O2. The zero-order valence-electron chi connectivity index (χ0n) is 15.2. The summed E-state index contributed by atoms with van der Waals surface area (Å²) in [5.41, 5.74) is 1.80. The second kappa shape index (κ2) is 7.04. The molecule has 1 fully saturated rings. The summed E-state index contributed by atoms with van der Waals surface area (Å²) in [7, 11) is 0. The number of aliphatic hydroxyl groups excluding tert-OH is 1. The Morgan fingerprint density at radius 1 is 1.48 bits per heavy atom. The molecule has 1 aliphatic rings. The Morgan fingerprint density at radius 3 is 2.96 bits per heavy atom. The topological polar surface area (TPSA) is 81.2 Å². The van der Waals surface area contributed by atoms with Gasteiger partial charge in [-0.05, 0) is 43.7 Å². The Bertz CT molecular complexity index is 705. The molecule has 3 N–H and O–H groups in total. The first kappa shape index (κ1) is 17.7. The zero-order valence-corrected chi connectivity index (χ0v) is 15.2. The number of carbonyl (C=O) groups excluding carboxylic acids is 1. The molecule has 1 aliphatic heterocycles. The van der Waals surface area contributed by atoms with Crippen molar-refractivity contribution in [1.29, 1.82) is 0 Å². The molecule has 0 saturated carbocycles. The van der Waals surface area contributed by atoms with Gasteiger partial charge in [-0.15, -0.1) is 0 Å². The maximum atomic E-state index is 12.7. The van der Waals surface area contributed by atoms with Crippen molar-refractivity contribution >= 4 is 17.1 Å². The number of likely N-dealkylation sites (tertiary alicyclic amines) is 1. The van der Waals surface area contributed by atoms with Crippen molar-refractivity contribution in [3.8, 4) is 0 Å². The van der Waals surface area contributed by atoms with Crippen molar-refractivity contribution in [3.63, 3.8) is 0 Å². The van der Waals surface area contributed by atoms with Gasteiger partial charge >= 0.3 is 6.03 Å². The summed E-state index contributed by atoms with van der Waals surface area (Å²) >= 11 is 0. The Morgan fingerprint density at radius 2 is 2.24 bits per heavy atom. The number of nitrogens with zero attached hydrogens (tertiary/aromatic N) is 2. The van der Waals surface area contributed by atoms with Gasteiger partial charge in [-0.3, -0.25) is 0 Å². The van der Waals surface area contributed by atoms with E-state index in [-0.39, 0.29) is 23.6 Å². The Labute approximate surface area is 148 Å². The molecule has 1 aromatic carbocycles. The number of fused-ring (bicyclic) bond motifs is 1. The van der Waals surface area contributed by atoms with E-state index in [0.717, 1.165) is 36.2 Å². The number of amides is 2. The van der Waals surface area contributed by atoms with Gasteiger partial charge in [0.1, 0.15) is 5.82 Å². The van der Waals surface area contributed by atoms with Gasteiger partial charge in [0.25, 0.3) is 0 Å². The molecule has 1 saturated heterocycles. The molecule has 2 atom stereocenters. The van der Waals surface area contributed by atoms with E-state index in [1.807, 2.05) is 29.2 Å². The van der Waals surface area contributed by atoms with Gasteiger partial charge in [0.05, 0.1) is 23.2 Å². The average molecular weight is 344 g/mol. The molecule has 0 aliphatic carbocycles. The van der Waals surface area contributed by atoms with Crippen molar-refractivity contribution in [2.24, 2.45) is 5.41 Å². The van der Waals surface area contributed by atoms with Gasteiger partial charge in [0, 0.05) is 13.1 Å². The number of H-pyrrole nitrogens is 1. The summed E-state index contributed by atoms with van der Waals surface area (Å²) in [6, 6.07) is 7.87. The van der Waals surface area contributed by atoms with E-state index < -0.39 is 0 Å². The highest BCUT2D eigenvalue weighted by Gasteiger charge is 2.33. The molecule has 6 heteroatoms. The fourth-order valence-electron chi connectivity index (χ4n) is 3.71. The number of aliphatic hydroxyl groups is 1. The summed E-state index contributed by atoms with van der Waals surface area (Å²) in [4.78, 5) is 22.6. The largest absolute Gasteiger partial charge is 0.393 e. The van der Waals surface area contributed by atoms with E-state index >= 15 is 0 Å². The molecule has 2 heterocycles. The van der Waals surface area contributed by atoms with Crippen LogP contribution in [0.3, 0.4) is 0 Å². The lowest BCUT2D eigenvalue weighted by Crippen LogP contribution is -2.44. The molecule has 3 rings (SSSR count). The van der Waals surface area contributed by atoms with Crippen molar-refractivity contribution < 1.29 is 9.90 Å². The van der Waals surface area contributed by atoms with Crippen LogP contribution < -0.4 is 5.32 Å². The molecule has 2 aromatic rings. The third kappa shape index (κ3) is 4.12. The number of rotatable bonds is 5. The van der Waals surface area contributed by atoms with Crippen LogP contribution in [0.4, 0.5) is 4.79 Å². The number of nitrogens with one attached hydrogen (secondary N) is 2. The average Bonchev–Trinajstić information content (AvgIpc) is 3.17. The minimum Gasteiger partial charge on any atom is -0.393 e. The van der Waals surface area contributed by atoms with E-state index in [1.165, 1.54) is 0 Å². The first-order valence-corrected chi connectivity index (χ1v) is 9.03. The van der Waals surface area contributed by atoms with Gasteiger partial charge in [0.15, 0.2) is 0 Å². The molecule has 0 spiro atoms. The standard InChI is InChI=1S/C19H28N4O2/c1-13(24)11-19(2,3)12-20-18(25)23-10-6-9-16(23)17-21-14-7-4-5-8-15(14)22-17/h4-5,7-8,13,16,24H,6,9-12H2,1-3H3,(H,20,25)(H,21,22). The molecule has 6 nitrogen and oxygen atoms in total. The molecule has 2 unspecified atom stereocenters. The summed E-state index contributed by atoms with van der Waals surface area (Å²) < 4.78 is 0. The van der Waals surface area contributed by atoms with Gasteiger partial charge in [0.2, 0.25) is 0 Å². The number of benzene rings is 1. The highest BCUT2D eigenvalue weighted by atomic mass is 16.3. The number of carbonyl (C=O) groups is 1. The molecule has 0 radical (unpaired) electrons. The summed E-state index contributed by atoms with van der Waals surface area (Å²) in [5, 5.41) is 12.6. The SMILES string of the molecule is CC(O)CC(C)(C)CNC(=O)N1CCCC1c1nc2ccccc2[nH]1. The van der Waals surface area contributed by atoms with Crippen LogP contribution in [0, 0.1) is 5.41 Å². The first-order valence-electron chi connectivity index (χ1n) is 9.03. The zero-order chi connectivity index (χ0) is 18.0. The van der Waals surface area contributed by atoms with Crippen molar-refractivity contribution in [2.75, 3.05) is 13.1 Å². The normalized spacial score (nSPS) is 19.4. The second-order valence-electron chi connectivity index (χ2n) is 7.87. The Kier molecular flexibility index (Phi) is 4.99. The number of aromatic amines is 1. The van der Waals surface area contributed by atoms with Gasteiger partial charge < -0.3 is 20.3 Å². The lowest BCUT2D eigenvalue weighted by molar-refractivity contribution is 0.126. The van der Waals surface area contributed by atoms with Crippen LogP contribution in [0.2, 0.25) is 0 Å². The van der Waals surface area contributed by atoms with Crippen LogP contribution in [0.1, 0.15) is 51.9 Å². The maximum absolute atomic E-state index is 12.7. The molecule has 136 valence electrons. The summed E-state index contributed by atoms with van der Waals surface area (Å²) in [6.07, 6.45) is 2.18. The number of imidazole rings is 1. The molecule has 2 amide bonds. The number of para-hydroxylation sites is 2. The van der Waals surface area contributed by atoms with Crippen LogP contribution in [0.5, 0.6) is 0 Å². The monoisotopic (exact) mass is 344 g/mol. The number of aromatic nitrogens is 2. The van der Waals surface area contributed by atoms with E-state index in [4.69, 9.17) is 0 Å².